The summed E-state index contributed by atoms with van der Waals surface area (Å²) in [5, 5.41) is 3.59. The van der Waals surface area contributed by atoms with E-state index >= 15 is 0 Å². The van der Waals surface area contributed by atoms with Gasteiger partial charge in [0.15, 0.2) is 17.5 Å². The summed E-state index contributed by atoms with van der Waals surface area (Å²) in [6.07, 6.45) is 0. The zero-order valence-corrected chi connectivity index (χ0v) is 33.7. The first-order valence-corrected chi connectivity index (χ1v) is 20.9. The lowest BCUT2D eigenvalue weighted by atomic mass is 9.94. The van der Waals surface area contributed by atoms with Crippen molar-refractivity contribution in [2.45, 2.75) is 0 Å². The van der Waals surface area contributed by atoms with Gasteiger partial charge in [-0.25, -0.2) is 19.9 Å². The van der Waals surface area contributed by atoms with Crippen molar-refractivity contribution in [3.05, 3.63) is 231 Å². The molecule has 9 aromatic carbocycles. The Balaban J connectivity index is 0.923. The Morgan fingerprint density at radius 1 is 0.242 bits per heavy atom. The second-order valence-corrected chi connectivity index (χ2v) is 15.4. The van der Waals surface area contributed by atoms with Gasteiger partial charge in [-0.15, -0.1) is 0 Å². The Hall–Kier alpha value is -8.34. The van der Waals surface area contributed by atoms with Gasteiger partial charge in [0, 0.05) is 27.6 Å². The van der Waals surface area contributed by atoms with Gasteiger partial charge in [0.2, 0.25) is 0 Å². The molecule has 4 heteroatoms. The van der Waals surface area contributed by atoms with E-state index < -0.39 is 0 Å². The second kappa shape index (κ2) is 16.0. The minimum atomic E-state index is 0.621. The molecule has 2 heterocycles. The minimum absolute atomic E-state index is 0.621. The largest absolute Gasteiger partial charge is 0.248 e. The fourth-order valence-corrected chi connectivity index (χ4v) is 8.29. The number of fused-ring (bicyclic) bond motifs is 3. The van der Waals surface area contributed by atoms with Crippen LogP contribution in [0.4, 0.5) is 0 Å². The molecule has 0 fully saturated rings. The molecule has 0 radical (unpaired) electrons. The molecule has 0 aliphatic heterocycles. The molecule has 0 aliphatic rings. The predicted molar refractivity (Wildman–Crippen MR) is 256 cm³/mol. The molecule has 0 saturated heterocycles. The van der Waals surface area contributed by atoms with Gasteiger partial charge in [-0.2, -0.15) is 0 Å². The third-order valence-electron chi connectivity index (χ3n) is 11.6. The van der Waals surface area contributed by atoms with Crippen LogP contribution < -0.4 is 0 Å². The highest BCUT2D eigenvalue weighted by Gasteiger charge is 2.15. The Labute approximate surface area is 360 Å². The summed E-state index contributed by atoms with van der Waals surface area (Å²) in [6, 6.07) is 80.6. The van der Waals surface area contributed by atoms with E-state index in [4.69, 9.17) is 19.9 Å². The van der Waals surface area contributed by atoms with E-state index in [1.165, 1.54) is 38.4 Å². The van der Waals surface area contributed by atoms with E-state index in [-0.39, 0.29) is 0 Å². The summed E-state index contributed by atoms with van der Waals surface area (Å²) in [4.78, 5) is 20.3. The number of rotatable bonds is 8. The zero-order chi connectivity index (χ0) is 41.2. The molecule has 0 N–H and O–H groups in total. The summed E-state index contributed by atoms with van der Waals surface area (Å²) in [5.74, 6) is 1.88. The molecule has 2 aromatic heterocycles. The first kappa shape index (κ1) is 36.7. The van der Waals surface area contributed by atoms with Crippen LogP contribution in [0.2, 0.25) is 0 Å². The van der Waals surface area contributed by atoms with Crippen LogP contribution >= 0.6 is 0 Å². The molecule has 0 spiro atoms. The van der Waals surface area contributed by atoms with Crippen LogP contribution in [0.15, 0.2) is 231 Å². The highest BCUT2D eigenvalue weighted by molar-refractivity contribution is 6.13. The van der Waals surface area contributed by atoms with E-state index in [1.54, 1.807) is 0 Å². The van der Waals surface area contributed by atoms with Gasteiger partial charge in [-0.3, -0.25) is 0 Å². The molecule has 0 bridgehead atoms. The van der Waals surface area contributed by atoms with Gasteiger partial charge < -0.3 is 0 Å². The normalized spacial score (nSPS) is 11.2. The smallest absolute Gasteiger partial charge is 0.164 e. The average molecular weight is 791 g/mol. The van der Waals surface area contributed by atoms with E-state index in [9.17, 15) is 0 Å². The van der Waals surface area contributed by atoms with E-state index in [0.717, 1.165) is 55.7 Å². The molecule has 0 atom stereocenters. The summed E-state index contributed by atoms with van der Waals surface area (Å²) >= 11 is 0. The van der Waals surface area contributed by atoms with Crippen LogP contribution in [0.5, 0.6) is 0 Å². The third-order valence-corrected chi connectivity index (χ3v) is 11.6. The average Bonchev–Trinajstić information content (AvgIpc) is 3.37. The summed E-state index contributed by atoms with van der Waals surface area (Å²) in [7, 11) is 0. The van der Waals surface area contributed by atoms with Crippen molar-refractivity contribution in [2.75, 3.05) is 0 Å². The molecule has 11 rings (SSSR count). The van der Waals surface area contributed by atoms with Gasteiger partial charge >= 0.3 is 0 Å². The van der Waals surface area contributed by atoms with Gasteiger partial charge in [0.1, 0.15) is 0 Å². The summed E-state index contributed by atoms with van der Waals surface area (Å²) < 4.78 is 0. The highest BCUT2D eigenvalue weighted by atomic mass is 15.0. The third kappa shape index (κ3) is 7.20. The lowest BCUT2D eigenvalue weighted by molar-refractivity contribution is 1.07. The lowest BCUT2D eigenvalue weighted by Gasteiger charge is -2.13. The number of benzene rings is 9. The molecule has 290 valence electrons. The zero-order valence-electron chi connectivity index (χ0n) is 33.7. The van der Waals surface area contributed by atoms with Gasteiger partial charge in [0.05, 0.1) is 11.2 Å². The quantitative estimate of drug-likeness (QED) is 0.144. The molecular formula is C58H38N4. The molecular weight excluding hydrogens is 753 g/mol. The SMILES string of the molecule is c1ccc(-c2ccc(-c3nc(-c4ccc(-c5ccccc5)cc4)nc(-c4ccc(-c5ccc(-c6cc(-c7ccccc7)c7c(ccc8ccccc87)n6)cc5)cc4)n3)cc2)cc1. The second-order valence-electron chi connectivity index (χ2n) is 15.4. The monoisotopic (exact) mass is 790 g/mol. The fourth-order valence-electron chi connectivity index (χ4n) is 8.29. The number of hydrogen-bond donors (Lipinski definition) is 0. The molecule has 4 nitrogen and oxygen atoms in total. The molecule has 0 amide bonds. The number of aromatic nitrogens is 4. The lowest BCUT2D eigenvalue weighted by Crippen LogP contribution is -2.00. The van der Waals surface area contributed by atoms with Crippen molar-refractivity contribution in [3.63, 3.8) is 0 Å². The molecule has 11 aromatic rings. The Kier molecular flexibility index (Phi) is 9.49. The van der Waals surface area contributed by atoms with Crippen molar-refractivity contribution in [1.29, 1.82) is 0 Å². The van der Waals surface area contributed by atoms with Crippen molar-refractivity contribution in [2.24, 2.45) is 0 Å². The summed E-state index contributed by atoms with van der Waals surface area (Å²) in [6.45, 7) is 0. The Morgan fingerprint density at radius 3 is 1.05 bits per heavy atom. The van der Waals surface area contributed by atoms with Crippen LogP contribution in [-0.4, -0.2) is 19.9 Å². The van der Waals surface area contributed by atoms with Gasteiger partial charge in [0.25, 0.3) is 0 Å². The van der Waals surface area contributed by atoms with Crippen LogP contribution in [0.1, 0.15) is 0 Å². The first-order chi connectivity index (χ1) is 30.7. The molecule has 0 saturated carbocycles. The van der Waals surface area contributed by atoms with Crippen LogP contribution in [0.3, 0.4) is 0 Å². The van der Waals surface area contributed by atoms with E-state index in [0.29, 0.717) is 17.5 Å². The molecule has 0 unspecified atom stereocenters. The van der Waals surface area contributed by atoms with Crippen LogP contribution in [0, 0.1) is 0 Å². The van der Waals surface area contributed by atoms with E-state index in [1.807, 2.05) is 12.1 Å². The maximum Gasteiger partial charge on any atom is 0.164 e. The number of hydrogen-bond acceptors (Lipinski definition) is 4. The van der Waals surface area contributed by atoms with Crippen LogP contribution in [-0.2, 0) is 0 Å². The maximum absolute atomic E-state index is 5.20. The predicted octanol–water partition coefficient (Wildman–Crippen LogP) is 14.9. The van der Waals surface area contributed by atoms with Crippen LogP contribution in [0.25, 0.3) is 112 Å². The van der Waals surface area contributed by atoms with E-state index in [2.05, 4.69) is 218 Å². The fraction of sp³-hybridized carbons (Fsp3) is 0. The standard InChI is InChI=1S/C58H38N4/c1-4-12-39(13-5-1)41-22-30-48(31-23-41)56-60-57(49-32-24-42(25-33-49)40-14-6-2-7-15-40)62-58(61-56)50-34-26-44(27-35-50)43-20-28-47(29-21-43)54-38-52(45-16-8-3-9-17-45)55-51-19-11-10-18-46(51)36-37-53(55)59-54/h1-38H. The topological polar surface area (TPSA) is 51.6 Å². The number of nitrogens with zero attached hydrogens (tertiary/aromatic N) is 4. The Morgan fingerprint density at radius 2 is 0.597 bits per heavy atom. The highest BCUT2D eigenvalue weighted by Crippen LogP contribution is 2.37. The van der Waals surface area contributed by atoms with Crippen molar-refractivity contribution in [1.82, 2.24) is 19.9 Å². The number of pyridine rings is 1. The summed E-state index contributed by atoms with van der Waals surface area (Å²) in [5.41, 5.74) is 15.0. The van der Waals surface area contributed by atoms with Gasteiger partial charge in [-0.05, 0) is 67.4 Å². The van der Waals surface area contributed by atoms with Gasteiger partial charge in [-0.1, -0.05) is 218 Å². The minimum Gasteiger partial charge on any atom is -0.248 e. The van der Waals surface area contributed by atoms with Crippen molar-refractivity contribution < 1.29 is 0 Å². The Bertz CT molecular complexity index is 3230. The maximum atomic E-state index is 5.20. The van der Waals surface area contributed by atoms with Crippen molar-refractivity contribution in [3.8, 4) is 89.9 Å². The first-order valence-electron chi connectivity index (χ1n) is 20.9. The molecule has 62 heavy (non-hydrogen) atoms. The molecule has 0 aliphatic carbocycles. The van der Waals surface area contributed by atoms with Crippen molar-refractivity contribution >= 4 is 21.7 Å².